The number of benzene rings is 1. The number of aliphatic hydroxyl groups excluding tert-OH is 1. The Morgan fingerprint density at radius 1 is 1.16 bits per heavy atom. The number of aliphatic hydroxyl groups is 1. The van der Waals surface area contributed by atoms with Crippen molar-refractivity contribution in [2.24, 2.45) is 5.41 Å². The predicted octanol–water partition coefficient (Wildman–Crippen LogP) is 4.48. The third kappa shape index (κ3) is 3.28. The highest BCUT2D eigenvalue weighted by atomic mass is 19.1. The Balaban J connectivity index is 1.45. The van der Waals surface area contributed by atoms with Crippen molar-refractivity contribution in [1.29, 1.82) is 0 Å². The van der Waals surface area contributed by atoms with Crippen LogP contribution in [0.3, 0.4) is 0 Å². The van der Waals surface area contributed by atoms with Crippen LogP contribution in [-0.4, -0.2) is 46.6 Å². The minimum Gasteiger partial charge on any atom is -0.396 e. The molecule has 3 heterocycles. The fourth-order valence-corrected chi connectivity index (χ4v) is 6.40. The highest BCUT2D eigenvalue weighted by Gasteiger charge is 2.65. The van der Waals surface area contributed by atoms with Gasteiger partial charge >= 0.3 is 0 Å². The van der Waals surface area contributed by atoms with Gasteiger partial charge in [-0.15, -0.1) is 10.2 Å². The standard InChI is InChI=1S/C27H27F2N7O/c1-4-15(13-37)25-31-14-36(35-25)22-12-30-11-21(32-22)27-9-8-17(26(27,2)3)16-10-20(33-34-24(16)27)23-18(28)6-5-7-19(23)29/h5-7,10-12,14-15,17,37H,4,8-9,13H2,1-3H3/t15?,17-,27-/m0/s1. The summed E-state index contributed by atoms with van der Waals surface area (Å²) >= 11 is 0. The van der Waals surface area contributed by atoms with E-state index in [1.807, 2.05) is 6.92 Å². The monoisotopic (exact) mass is 503 g/mol. The maximum absolute atomic E-state index is 14.5. The Morgan fingerprint density at radius 2 is 1.95 bits per heavy atom. The first-order valence-electron chi connectivity index (χ1n) is 12.5. The van der Waals surface area contributed by atoms with Crippen LogP contribution in [0.25, 0.3) is 17.1 Å². The quantitative estimate of drug-likeness (QED) is 0.414. The molecule has 0 amide bonds. The second-order valence-corrected chi connectivity index (χ2v) is 10.4. The molecule has 3 aromatic heterocycles. The van der Waals surface area contributed by atoms with Crippen molar-refractivity contribution in [2.45, 2.75) is 57.3 Å². The molecule has 1 unspecified atom stereocenters. The summed E-state index contributed by atoms with van der Waals surface area (Å²) in [5.74, 6) is -0.265. The van der Waals surface area contributed by atoms with Gasteiger partial charge in [-0.05, 0) is 54.4 Å². The lowest BCUT2D eigenvalue weighted by Gasteiger charge is -2.37. The molecule has 37 heavy (non-hydrogen) atoms. The van der Waals surface area contributed by atoms with E-state index in [9.17, 15) is 13.9 Å². The number of hydrogen-bond donors (Lipinski definition) is 1. The van der Waals surface area contributed by atoms with Crippen LogP contribution >= 0.6 is 0 Å². The molecular formula is C27H27F2N7O. The van der Waals surface area contributed by atoms with Gasteiger partial charge in [0.25, 0.3) is 0 Å². The van der Waals surface area contributed by atoms with Crippen molar-refractivity contribution in [3.05, 3.63) is 77.4 Å². The lowest BCUT2D eigenvalue weighted by molar-refractivity contribution is 0.242. The van der Waals surface area contributed by atoms with Crippen molar-refractivity contribution in [2.75, 3.05) is 6.61 Å². The molecule has 1 aromatic carbocycles. The van der Waals surface area contributed by atoms with Crippen molar-refractivity contribution in [3.8, 4) is 17.1 Å². The smallest absolute Gasteiger partial charge is 0.173 e. The number of fused-ring (bicyclic) bond motifs is 5. The highest BCUT2D eigenvalue weighted by Crippen LogP contribution is 2.69. The van der Waals surface area contributed by atoms with Gasteiger partial charge in [-0.25, -0.2) is 23.4 Å². The van der Waals surface area contributed by atoms with E-state index in [0.717, 1.165) is 36.2 Å². The van der Waals surface area contributed by atoms with Crippen LogP contribution in [0.4, 0.5) is 8.78 Å². The maximum atomic E-state index is 14.5. The Kier molecular flexibility index (Phi) is 5.41. The lowest BCUT2D eigenvalue weighted by atomic mass is 9.66. The number of rotatable bonds is 6. The van der Waals surface area contributed by atoms with E-state index in [4.69, 9.17) is 4.98 Å². The Bertz CT molecular complexity index is 1480. The molecule has 1 N–H and O–H groups in total. The summed E-state index contributed by atoms with van der Waals surface area (Å²) in [6.07, 6.45) is 7.39. The van der Waals surface area contributed by atoms with Crippen LogP contribution in [0.5, 0.6) is 0 Å². The number of halogens is 2. The number of aromatic nitrogens is 7. The van der Waals surface area contributed by atoms with Gasteiger partial charge in [-0.1, -0.05) is 26.8 Å². The third-order valence-electron chi connectivity index (χ3n) is 8.48. The first-order valence-corrected chi connectivity index (χ1v) is 12.5. The summed E-state index contributed by atoms with van der Waals surface area (Å²) in [5, 5.41) is 23.0. The predicted molar refractivity (Wildman–Crippen MR) is 131 cm³/mol. The van der Waals surface area contributed by atoms with E-state index in [-0.39, 0.29) is 35.1 Å². The molecule has 2 aliphatic carbocycles. The molecule has 0 radical (unpaired) electrons. The maximum Gasteiger partial charge on any atom is 0.173 e. The zero-order valence-electron chi connectivity index (χ0n) is 20.9. The molecule has 2 aliphatic rings. The lowest BCUT2D eigenvalue weighted by Crippen LogP contribution is -2.38. The number of hydrogen-bond acceptors (Lipinski definition) is 7. The van der Waals surface area contributed by atoms with Crippen LogP contribution in [0.2, 0.25) is 0 Å². The zero-order chi connectivity index (χ0) is 25.9. The van der Waals surface area contributed by atoms with Gasteiger partial charge in [0.15, 0.2) is 11.6 Å². The van der Waals surface area contributed by atoms with Gasteiger partial charge in [0.1, 0.15) is 18.0 Å². The van der Waals surface area contributed by atoms with Crippen LogP contribution in [0.1, 0.15) is 74.6 Å². The van der Waals surface area contributed by atoms with Gasteiger partial charge in [-0.2, -0.15) is 5.10 Å². The minimum absolute atomic E-state index is 0.0286. The second-order valence-electron chi connectivity index (χ2n) is 10.4. The van der Waals surface area contributed by atoms with Crippen molar-refractivity contribution in [1.82, 2.24) is 34.9 Å². The van der Waals surface area contributed by atoms with Crippen LogP contribution in [0, 0.1) is 17.0 Å². The van der Waals surface area contributed by atoms with E-state index < -0.39 is 17.0 Å². The van der Waals surface area contributed by atoms with E-state index in [2.05, 4.69) is 39.1 Å². The van der Waals surface area contributed by atoms with Gasteiger partial charge < -0.3 is 5.11 Å². The molecule has 1 fully saturated rings. The van der Waals surface area contributed by atoms with Crippen molar-refractivity contribution in [3.63, 3.8) is 0 Å². The van der Waals surface area contributed by atoms with Gasteiger partial charge in [-0.3, -0.25) is 4.98 Å². The van der Waals surface area contributed by atoms with Crippen molar-refractivity contribution < 1.29 is 13.9 Å². The summed E-state index contributed by atoms with van der Waals surface area (Å²) in [6, 6.07) is 5.58. The molecule has 6 rings (SSSR count). The highest BCUT2D eigenvalue weighted by molar-refractivity contribution is 5.64. The molecule has 0 aliphatic heterocycles. The third-order valence-corrected chi connectivity index (χ3v) is 8.48. The first-order chi connectivity index (χ1) is 17.8. The van der Waals surface area contributed by atoms with Crippen LogP contribution < -0.4 is 0 Å². The fourth-order valence-electron chi connectivity index (χ4n) is 6.40. The molecule has 190 valence electrons. The molecule has 3 atom stereocenters. The normalized spacial score (nSPS) is 22.3. The molecule has 1 saturated carbocycles. The van der Waals surface area contributed by atoms with E-state index in [0.29, 0.717) is 11.6 Å². The van der Waals surface area contributed by atoms with Crippen LogP contribution in [-0.2, 0) is 5.41 Å². The largest absolute Gasteiger partial charge is 0.396 e. The molecular weight excluding hydrogens is 476 g/mol. The molecule has 0 spiro atoms. The SMILES string of the molecule is CCC(CO)c1ncn(-c2cncc([C@@]34CC[C@@H](c5cc(-c6c(F)cccc6F)nnc53)C4(C)C)n2)n1. The summed E-state index contributed by atoms with van der Waals surface area (Å²) < 4.78 is 30.6. The molecule has 0 saturated heterocycles. The topological polar surface area (TPSA) is 102 Å². The van der Waals surface area contributed by atoms with E-state index in [1.54, 1.807) is 29.5 Å². The Hall–Kier alpha value is -3.66. The Labute approximate surface area is 212 Å². The zero-order valence-corrected chi connectivity index (χ0v) is 20.9. The average molecular weight is 504 g/mol. The fraction of sp³-hybridized carbons (Fsp3) is 0.407. The second kappa shape index (κ2) is 8.44. The minimum atomic E-state index is -0.663. The summed E-state index contributed by atoms with van der Waals surface area (Å²) in [4.78, 5) is 13.8. The Morgan fingerprint density at radius 3 is 2.68 bits per heavy atom. The summed E-state index contributed by atoms with van der Waals surface area (Å²) in [7, 11) is 0. The van der Waals surface area contributed by atoms with Gasteiger partial charge in [0.2, 0.25) is 0 Å². The van der Waals surface area contributed by atoms with Gasteiger partial charge in [0.05, 0.1) is 40.9 Å². The van der Waals surface area contributed by atoms with Crippen molar-refractivity contribution >= 4 is 0 Å². The first kappa shape index (κ1) is 23.7. The number of nitrogens with zero attached hydrogens (tertiary/aromatic N) is 7. The summed E-state index contributed by atoms with van der Waals surface area (Å²) in [6.45, 7) is 6.32. The van der Waals surface area contributed by atoms with E-state index in [1.165, 1.54) is 18.2 Å². The van der Waals surface area contributed by atoms with Crippen LogP contribution in [0.15, 0.2) is 43.0 Å². The van der Waals surface area contributed by atoms with Gasteiger partial charge in [0, 0.05) is 12.1 Å². The molecule has 2 bridgehead atoms. The average Bonchev–Trinajstić information content (AvgIpc) is 3.53. The summed E-state index contributed by atoms with van der Waals surface area (Å²) in [5.41, 5.74) is 1.68. The molecule has 10 heteroatoms. The van der Waals surface area contributed by atoms with E-state index >= 15 is 0 Å². The molecule has 8 nitrogen and oxygen atoms in total. The molecule has 4 aromatic rings.